The van der Waals surface area contributed by atoms with Gasteiger partial charge in [0, 0.05) is 28.7 Å². The standard InChI is InChI=1S/C18H15NO2S/c20-18(11-10-14-6-2-1-3-7-14)21-19-16-12-13-22-17-9-5-4-8-15(16)17/h1-11H,12-13H2/b11-10+,19-16+. The van der Waals surface area contributed by atoms with E-state index in [1.807, 2.05) is 48.5 Å². The van der Waals surface area contributed by atoms with Gasteiger partial charge in [0.25, 0.3) is 0 Å². The number of benzene rings is 2. The molecule has 0 saturated heterocycles. The molecule has 4 heteroatoms. The first-order valence-electron chi connectivity index (χ1n) is 7.06. The van der Waals surface area contributed by atoms with Crippen molar-refractivity contribution in [3.05, 3.63) is 71.8 Å². The number of thioether (sulfide) groups is 1. The molecule has 1 aliphatic heterocycles. The predicted octanol–water partition coefficient (Wildman–Crippen LogP) is 4.14. The minimum Gasteiger partial charge on any atom is -0.313 e. The largest absolute Gasteiger partial charge is 0.358 e. The molecule has 0 aliphatic carbocycles. The summed E-state index contributed by atoms with van der Waals surface area (Å²) in [6.45, 7) is 0. The van der Waals surface area contributed by atoms with E-state index < -0.39 is 5.97 Å². The molecule has 0 unspecified atom stereocenters. The summed E-state index contributed by atoms with van der Waals surface area (Å²) in [4.78, 5) is 17.9. The number of hydrogen-bond acceptors (Lipinski definition) is 4. The summed E-state index contributed by atoms with van der Waals surface area (Å²) in [6, 6.07) is 17.7. The van der Waals surface area contributed by atoms with Crippen LogP contribution in [-0.2, 0) is 9.63 Å². The summed E-state index contributed by atoms with van der Waals surface area (Å²) in [5, 5.41) is 4.04. The topological polar surface area (TPSA) is 38.7 Å². The smallest absolute Gasteiger partial charge is 0.313 e. The molecule has 0 aromatic heterocycles. The lowest BCUT2D eigenvalue weighted by molar-refractivity contribution is -0.137. The van der Waals surface area contributed by atoms with E-state index in [9.17, 15) is 4.79 Å². The number of rotatable bonds is 3. The van der Waals surface area contributed by atoms with Crippen LogP contribution in [0.4, 0.5) is 0 Å². The highest BCUT2D eigenvalue weighted by molar-refractivity contribution is 7.99. The van der Waals surface area contributed by atoms with Gasteiger partial charge in [-0.1, -0.05) is 53.7 Å². The Morgan fingerprint density at radius 1 is 1.09 bits per heavy atom. The number of fused-ring (bicyclic) bond motifs is 1. The first-order chi connectivity index (χ1) is 10.8. The van der Waals surface area contributed by atoms with E-state index in [-0.39, 0.29) is 0 Å². The molecule has 0 bridgehead atoms. The van der Waals surface area contributed by atoms with Gasteiger partial charge in [-0.15, -0.1) is 11.8 Å². The van der Waals surface area contributed by atoms with Gasteiger partial charge in [0.05, 0.1) is 5.71 Å². The maximum Gasteiger partial charge on any atom is 0.358 e. The molecule has 0 atom stereocenters. The van der Waals surface area contributed by atoms with Crippen molar-refractivity contribution in [2.75, 3.05) is 5.75 Å². The summed E-state index contributed by atoms with van der Waals surface area (Å²) < 4.78 is 0. The third kappa shape index (κ3) is 3.65. The van der Waals surface area contributed by atoms with Gasteiger partial charge in [0.2, 0.25) is 0 Å². The zero-order chi connectivity index (χ0) is 15.2. The highest BCUT2D eigenvalue weighted by atomic mass is 32.2. The molecule has 1 aliphatic rings. The molecule has 22 heavy (non-hydrogen) atoms. The third-order valence-electron chi connectivity index (χ3n) is 3.25. The van der Waals surface area contributed by atoms with Crippen molar-refractivity contribution in [1.29, 1.82) is 0 Å². The lowest BCUT2D eigenvalue weighted by atomic mass is 10.1. The molecule has 0 saturated carbocycles. The second-order valence-electron chi connectivity index (χ2n) is 4.79. The average molecular weight is 309 g/mol. The Kier molecular flexibility index (Phi) is 4.71. The first-order valence-corrected chi connectivity index (χ1v) is 8.05. The molecule has 1 heterocycles. The summed E-state index contributed by atoms with van der Waals surface area (Å²) in [7, 11) is 0. The zero-order valence-corrected chi connectivity index (χ0v) is 12.8. The Labute approximate surface area is 133 Å². The van der Waals surface area contributed by atoms with Crippen molar-refractivity contribution in [1.82, 2.24) is 0 Å². The normalized spacial score (nSPS) is 15.7. The predicted molar refractivity (Wildman–Crippen MR) is 89.9 cm³/mol. The molecule has 0 amide bonds. The van der Waals surface area contributed by atoms with Crippen molar-refractivity contribution in [2.24, 2.45) is 5.16 Å². The maximum atomic E-state index is 11.7. The van der Waals surface area contributed by atoms with E-state index >= 15 is 0 Å². The number of carbonyl (C=O) groups is 1. The van der Waals surface area contributed by atoms with E-state index in [2.05, 4.69) is 11.2 Å². The van der Waals surface area contributed by atoms with Crippen LogP contribution in [0.3, 0.4) is 0 Å². The number of hydrogen-bond donors (Lipinski definition) is 0. The first kappa shape index (κ1) is 14.6. The minimum atomic E-state index is -0.466. The van der Waals surface area contributed by atoms with Gasteiger partial charge in [-0.05, 0) is 17.7 Å². The fourth-order valence-corrected chi connectivity index (χ4v) is 3.21. The third-order valence-corrected chi connectivity index (χ3v) is 4.33. The molecule has 2 aromatic carbocycles. The van der Waals surface area contributed by atoms with Crippen LogP contribution in [0.25, 0.3) is 6.08 Å². The number of nitrogens with zero attached hydrogens (tertiary/aromatic N) is 1. The zero-order valence-electron chi connectivity index (χ0n) is 11.9. The Bertz CT molecular complexity index is 723. The Morgan fingerprint density at radius 3 is 2.73 bits per heavy atom. The molecule has 2 aromatic rings. The molecule has 0 radical (unpaired) electrons. The van der Waals surface area contributed by atoms with Crippen LogP contribution in [-0.4, -0.2) is 17.4 Å². The highest BCUT2D eigenvalue weighted by Gasteiger charge is 2.16. The molecule has 3 nitrogen and oxygen atoms in total. The van der Waals surface area contributed by atoms with Crippen molar-refractivity contribution in [3.8, 4) is 0 Å². The highest BCUT2D eigenvalue weighted by Crippen LogP contribution is 2.29. The lowest BCUT2D eigenvalue weighted by Crippen LogP contribution is -2.11. The molecule has 0 fully saturated rings. The second-order valence-corrected chi connectivity index (χ2v) is 5.92. The van der Waals surface area contributed by atoms with Crippen molar-refractivity contribution in [3.63, 3.8) is 0 Å². The lowest BCUT2D eigenvalue weighted by Gasteiger charge is -2.15. The SMILES string of the molecule is O=C(/C=C/c1ccccc1)O/N=C1\CCSc2ccccc21. The molecule has 3 rings (SSSR count). The number of oxime groups is 1. The van der Waals surface area contributed by atoms with Crippen molar-refractivity contribution < 1.29 is 9.63 Å². The van der Waals surface area contributed by atoms with E-state index in [4.69, 9.17) is 4.84 Å². The van der Waals surface area contributed by atoms with Crippen LogP contribution < -0.4 is 0 Å². The maximum absolute atomic E-state index is 11.7. The summed E-state index contributed by atoms with van der Waals surface area (Å²) >= 11 is 1.80. The average Bonchev–Trinajstić information content (AvgIpc) is 2.59. The van der Waals surface area contributed by atoms with Crippen LogP contribution in [0.1, 0.15) is 17.5 Å². The van der Waals surface area contributed by atoms with E-state index in [0.29, 0.717) is 0 Å². The fraction of sp³-hybridized carbons (Fsp3) is 0.111. The quantitative estimate of drug-likeness (QED) is 0.486. The fourth-order valence-electron chi connectivity index (χ4n) is 2.18. The van der Waals surface area contributed by atoms with Crippen LogP contribution in [0.15, 0.2) is 70.7 Å². The van der Waals surface area contributed by atoms with E-state index in [1.165, 1.54) is 11.0 Å². The van der Waals surface area contributed by atoms with Gasteiger partial charge in [0.15, 0.2) is 0 Å². The van der Waals surface area contributed by atoms with Crippen LogP contribution in [0.5, 0.6) is 0 Å². The van der Waals surface area contributed by atoms with Gasteiger partial charge in [0.1, 0.15) is 0 Å². The summed E-state index contributed by atoms with van der Waals surface area (Å²) in [5.74, 6) is 0.486. The Morgan fingerprint density at radius 2 is 1.86 bits per heavy atom. The Hall–Kier alpha value is -2.33. The van der Waals surface area contributed by atoms with E-state index in [1.54, 1.807) is 17.8 Å². The molecule has 0 N–H and O–H groups in total. The summed E-state index contributed by atoms with van der Waals surface area (Å²) in [6.07, 6.45) is 3.91. The van der Waals surface area contributed by atoms with Gasteiger partial charge in [-0.2, -0.15) is 0 Å². The van der Waals surface area contributed by atoms with Gasteiger partial charge >= 0.3 is 5.97 Å². The molecule has 0 spiro atoms. The summed E-state index contributed by atoms with van der Waals surface area (Å²) in [5.41, 5.74) is 2.83. The van der Waals surface area contributed by atoms with Crippen LogP contribution in [0, 0.1) is 0 Å². The number of carbonyl (C=O) groups excluding carboxylic acids is 1. The van der Waals surface area contributed by atoms with Crippen molar-refractivity contribution in [2.45, 2.75) is 11.3 Å². The molecular formula is C18H15NO2S. The van der Waals surface area contributed by atoms with Gasteiger partial charge in [-0.25, -0.2) is 4.79 Å². The minimum absolute atomic E-state index is 0.466. The van der Waals surface area contributed by atoms with Gasteiger partial charge < -0.3 is 4.84 Å². The molecular weight excluding hydrogens is 294 g/mol. The van der Waals surface area contributed by atoms with Crippen LogP contribution >= 0.6 is 11.8 Å². The molecule has 110 valence electrons. The second kappa shape index (κ2) is 7.09. The monoisotopic (exact) mass is 309 g/mol. The van der Waals surface area contributed by atoms with E-state index in [0.717, 1.165) is 29.0 Å². The van der Waals surface area contributed by atoms with Gasteiger partial charge in [-0.3, -0.25) is 0 Å². The van der Waals surface area contributed by atoms with Crippen LogP contribution in [0.2, 0.25) is 0 Å². The Balaban J connectivity index is 1.67. The van der Waals surface area contributed by atoms with Crippen molar-refractivity contribution >= 4 is 29.5 Å².